The van der Waals surface area contributed by atoms with Gasteiger partial charge < -0.3 is 9.13 Å². The van der Waals surface area contributed by atoms with Crippen LogP contribution in [-0.4, -0.2) is 19.1 Å². The van der Waals surface area contributed by atoms with E-state index < -0.39 is 0 Å². The van der Waals surface area contributed by atoms with Gasteiger partial charge in [0.15, 0.2) is 5.82 Å². The van der Waals surface area contributed by atoms with Gasteiger partial charge in [0, 0.05) is 55.2 Å². The Hall–Kier alpha value is -8.34. The maximum Gasteiger partial charge on any atom is 0.160 e. The summed E-state index contributed by atoms with van der Waals surface area (Å²) in [6.07, 6.45) is 0. The highest BCUT2D eigenvalue weighted by Gasteiger charge is 2.22. The highest BCUT2D eigenvalue weighted by atomic mass is 15.0. The Morgan fingerprint density at radius 3 is 1.42 bits per heavy atom. The van der Waals surface area contributed by atoms with Gasteiger partial charge in [0.05, 0.1) is 33.5 Å². The molecule has 3 aromatic heterocycles. The van der Waals surface area contributed by atoms with E-state index in [2.05, 4.69) is 215 Å². The summed E-state index contributed by atoms with van der Waals surface area (Å²) < 4.78 is 4.82. The third kappa shape index (κ3) is 5.92. The highest BCUT2D eigenvalue weighted by Crippen LogP contribution is 2.45. The molecule has 0 N–H and O–H groups in total. The fraction of sp³-hybridized carbons (Fsp3) is 0. The number of aromatic nitrogens is 4. The molecule has 4 nitrogen and oxygen atoms in total. The smallest absolute Gasteiger partial charge is 0.160 e. The molecule has 0 fully saturated rings. The topological polar surface area (TPSA) is 35.6 Å². The van der Waals surface area contributed by atoms with Crippen LogP contribution in [-0.2, 0) is 0 Å². The molecule has 0 saturated carbocycles. The van der Waals surface area contributed by atoms with Crippen LogP contribution in [0.25, 0.3) is 111 Å². The van der Waals surface area contributed by atoms with E-state index in [-0.39, 0.29) is 0 Å². The second-order valence-corrected chi connectivity index (χ2v) is 15.8. The van der Waals surface area contributed by atoms with Crippen molar-refractivity contribution in [2.45, 2.75) is 0 Å². The molecule has 0 aliphatic rings. The highest BCUT2D eigenvalue weighted by molar-refractivity contribution is 6.20. The zero-order valence-corrected chi connectivity index (χ0v) is 33.7. The Kier molecular flexibility index (Phi) is 8.46. The first kappa shape index (κ1) is 35.6. The predicted molar refractivity (Wildman–Crippen MR) is 258 cm³/mol. The first-order valence-electron chi connectivity index (χ1n) is 21.1. The summed E-state index contributed by atoms with van der Waals surface area (Å²) in [4.78, 5) is 10.1. The van der Waals surface area contributed by atoms with Crippen LogP contribution >= 0.6 is 0 Å². The van der Waals surface area contributed by atoms with Gasteiger partial charge in [-0.3, -0.25) is 0 Å². The number of benzene rings is 9. The van der Waals surface area contributed by atoms with Crippen molar-refractivity contribution in [2.24, 2.45) is 0 Å². The molecular weight excluding hydrogens is 753 g/mol. The van der Waals surface area contributed by atoms with Crippen molar-refractivity contribution in [2.75, 3.05) is 0 Å². The molecule has 0 atom stereocenters. The quantitative estimate of drug-likeness (QED) is 0.161. The lowest BCUT2D eigenvalue weighted by Crippen LogP contribution is -1.97. The zero-order chi connectivity index (χ0) is 41.0. The Labute approximate surface area is 359 Å². The van der Waals surface area contributed by atoms with Gasteiger partial charge >= 0.3 is 0 Å². The van der Waals surface area contributed by atoms with Crippen LogP contribution in [0.3, 0.4) is 0 Å². The number of rotatable bonds is 7. The van der Waals surface area contributed by atoms with Gasteiger partial charge in [0.25, 0.3) is 0 Å². The average Bonchev–Trinajstić information content (AvgIpc) is 3.88. The second-order valence-electron chi connectivity index (χ2n) is 15.8. The van der Waals surface area contributed by atoms with E-state index in [0.29, 0.717) is 5.82 Å². The van der Waals surface area contributed by atoms with Gasteiger partial charge in [0.1, 0.15) is 0 Å². The Bertz CT molecular complexity index is 3530. The number of nitrogens with zero attached hydrogens (tertiary/aromatic N) is 4. The molecule has 0 aliphatic carbocycles. The molecule has 3 heterocycles. The van der Waals surface area contributed by atoms with Crippen LogP contribution in [0.15, 0.2) is 231 Å². The van der Waals surface area contributed by atoms with Gasteiger partial charge in [-0.15, -0.1) is 0 Å². The summed E-state index contributed by atoms with van der Waals surface area (Å²) >= 11 is 0. The average molecular weight is 791 g/mol. The molecule has 290 valence electrons. The van der Waals surface area contributed by atoms with Crippen molar-refractivity contribution in [3.05, 3.63) is 231 Å². The fourth-order valence-corrected chi connectivity index (χ4v) is 9.30. The summed E-state index contributed by atoms with van der Waals surface area (Å²) in [6, 6.07) is 82.2. The summed E-state index contributed by atoms with van der Waals surface area (Å²) in [6.45, 7) is 0. The van der Waals surface area contributed by atoms with E-state index in [9.17, 15) is 0 Å². The zero-order valence-electron chi connectivity index (χ0n) is 33.7. The largest absolute Gasteiger partial charge is 0.309 e. The summed E-state index contributed by atoms with van der Waals surface area (Å²) in [5.74, 6) is 0.707. The molecule has 12 rings (SSSR count). The molecule has 0 saturated heterocycles. The monoisotopic (exact) mass is 790 g/mol. The molecule has 0 amide bonds. The number of hydrogen-bond donors (Lipinski definition) is 0. The van der Waals surface area contributed by atoms with Gasteiger partial charge in [-0.25, -0.2) is 9.97 Å². The molecule has 4 heteroatoms. The van der Waals surface area contributed by atoms with Crippen LogP contribution < -0.4 is 0 Å². The number of para-hydroxylation sites is 4. The van der Waals surface area contributed by atoms with Gasteiger partial charge in [-0.05, 0) is 71.3 Å². The summed E-state index contributed by atoms with van der Waals surface area (Å²) in [7, 11) is 0. The normalized spacial score (nSPS) is 11.5. The second kappa shape index (κ2) is 14.7. The van der Waals surface area contributed by atoms with Crippen LogP contribution in [0, 0.1) is 0 Å². The Morgan fingerprint density at radius 1 is 0.290 bits per heavy atom. The minimum absolute atomic E-state index is 0.707. The first-order valence-corrected chi connectivity index (χ1v) is 21.1. The molecule has 0 aliphatic heterocycles. The van der Waals surface area contributed by atoms with E-state index in [1.807, 2.05) is 24.3 Å². The molecule has 0 spiro atoms. The van der Waals surface area contributed by atoms with Crippen molar-refractivity contribution < 1.29 is 0 Å². The summed E-state index contributed by atoms with van der Waals surface area (Å²) in [5.41, 5.74) is 16.5. The van der Waals surface area contributed by atoms with E-state index >= 15 is 0 Å². The Balaban J connectivity index is 1.06. The molecule has 12 aromatic rings. The van der Waals surface area contributed by atoms with Crippen LogP contribution in [0.5, 0.6) is 0 Å². The lowest BCUT2D eigenvalue weighted by atomic mass is 9.93. The van der Waals surface area contributed by atoms with E-state index in [1.54, 1.807) is 0 Å². The third-order valence-corrected chi connectivity index (χ3v) is 12.1. The van der Waals surface area contributed by atoms with Crippen molar-refractivity contribution in [3.8, 4) is 67.5 Å². The molecule has 0 radical (unpaired) electrons. The number of hydrogen-bond acceptors (Lipinski definition) is 2. The van der Waals surface area contributed by atoms with Crippen LogP contribution in [0.2, 0.25) is 0 Å². The van der Waals surface area contributed by atoms with E-state index in [4.69, 9.17) is 9.97 Å². The maximum absolute atomic E-state index is 5.12. The number of fused-ring (bicyclic) bond motifs is 6. The fourth-order valence-electron chi connectivity index (χ4n) is 9.30. The predicted octanol–water partition coefficient (Wildman–Crippen LogP) is 15.0. The van der Waals surface area contributed by atoms with Gasteiger partial charge in [-0.2, -0.15) is 0 Å². The minimum atomic E-state index is 0.707. The van der Waals surface area contributed by atoms with Crippen molar-refractivity contribution in [1.82, 2.24) is 19.1 Å². The SMILES string of the molecule is c1ccc(-c2cc(-c3ccc(-c4ccc(-c5ccc6c(c5)c5ccccc5n6-c5ccccc5)c5c6ccccc6n(-c6ccccc6)c45)cc3)nc(-c3ccccc3)n2)cc1. The van der Waals surface area contributed by atoms with Crippen LogP contribution in [0.4, 0.5) is 0 Å². The molecule has 9 aromatic carbocycles. The first-order chi connectivity index (χ1) is 30.8. The minimum Gasteiger partial charge on any atom is -0.309 e. The summed E-state index contributed by atoms with van der Waals surface area (Å²) in [5, 5.41) is 4.92. The molecule has 0 unspecified atom stereocenters. The van der Waals surface area contributed by atoms with Gasteiger partial charge in [0.2, 0.25) is 0 Å². The Morgan fingerprint density at radius 2 is 0.758 bits per heavy atom. The van der Waals surface area contributed by atoms with Gasteiger partial charge in [-0.1, -0.05) is 176 Å². The van der Waals surface area contributed by atoms with Crippen LogP contribution in [0.1, 0.15) is 0 Å². The lowest BCUT2D eigenvalue weighted by Gasteiger charge is -2.15. The third-order valence-electron chi connectivity index (χ3n) is 12.1. The maximum atomic E-state index is 5.12. The molecular formula is C58H38N4. The van der Waals surface area contributed by atoms with Crippen molar-refractivity contribution >= 4 is 43.6 Å². The lowest BCUT2D eigenvalue weighted by molar-refractivity contribution is 1.18. The van der Waals surface area contributed by atoms with Crippen molar-refractivity contribution in [3.63, 3.8) is 0 Å². The molecule has 0 bridgehead atoms. The van der Waals surface area contributed by atoms with Crippen molar-refractivity contribution in [1.29, 1.82) is 0 Å². The van der Waals surface area contributed by atoms with E-state index in [0.717, 1.165) is 50.6 Å². The van der Waals surface area contributed by atoms with E-state index in [1.165, 1.54) is 54.7 Å². The standard InChI is InChI=1S/C58H38N4/c1-5-17-40(18-6-1)51-38-52(60-58(59-51)42-19-7-2-8-20-42)41-31-29-39(30-32-41)47-35-34-46(56-49-26-14-16-28-54(49)62(57(47)56)45-23-11-4-12-24-45)43-33-36-55-50(37-43)48-25-13-15-27-53(48)61(55)44-21-9-3-10-22-44/h1-38H. The molecule has 62 heavy (non-hydrogen) atoms.